The quantitative estimate of drug-likeness (QED) is 0.308. The first-order valence-corrected chi connectivity index (χ1v) is 4.69. The summed E-state index contributed by atoms with van der Waals surface area (Å²) >= 11 is 5.72. The van der Waals surface area contributed by atoms with Crippen molar-refractivity contribution in [3.05, 3.63) is 40.1 Å². The highest BCUT2D eigenvalue weighted by Crippen LogP contribution is 2.22. The fraction of sp³-hybridized carbons (Fsp3) is 0.300. The lowest BCUT2D eigenvalue weighted by Crippen LogP contribution is -2.07. The molecule has 68 valence electrons. The summed E-state index contributed by atoms with van der Waals surface area (Å²) in [6.45, 7) is 0. The molecule has 13 heavy (non-hydrogen) atoms. The highest BCUT2D eigenvalue weighted by molar-refractivity contribution is 6.30. The van der Waals surface area contributed by atoms with Gasteiger partial charge in [-0.05, 0) is 24.3 Å². The van der Waals surface area contributed by atoms with Crippen LogP contribution in [0.5, 0.6) is 0 Å². The Morgan fingerprint density at radius 1 is 1.31 bits per heavy atom. The minimum absolute atomic E-state index is 0.218. The van der Waals surface area contributed by atoms with Crippen LogP contribution in [0.4, 0.5) is 0 Å². The van der Waals surface area contributed by atoms with Crippen LogP contribution in [0, 0.1) is 5.21 Å². The third-order valence-electron chi connectivity index (χ3n) is 2.05. The molecule has 2 rings (SSSR count). The van der Waals surface area contributed by atoms with Gasteiger partial charge in [-0.15, -0.1) is 0 Å². The largest absolute Gasteiger partial charge is 0.624 e. The molecule has 1 aliphatic rings. The van der Waals surface area contributed by atoms with Crippen molar-refractivity contribution in [2.45, 2.75) is 18.9 Å². The van der Waals surface area contributed by atoms with Gasteiger partial charge in [0.25, 0.3) is 0 Å². The third-order valence-corrected chi connectivity index (χ3v) is 2.31. The van der Waals surface area contributed by atoms with Crippen LogP contribution in [0.25, 0.3) is 0 Å². The molecule has 0 radical (unpaired) electrons. The molecule has 1 saturated carbocycles. The van der Waals surface area contributed by atoms with Crippen LogP contribution in [0.15, 0.2) is 24.3 Å². The number of hydroxylamine groups is 1. The Morgan fingerprint density at radius 3 is 2.46 bits per heavy atom. The summed E-state index contributed by atoms with van der Waals surface area (Å²) in [6.07, 6.45) is 3.66. The fourth-order valence-corrected chi connectivity index (χ4v) is 1.26. The minimum Gasteiger partial charge on any atom is -0.624 e. The molecule has 0 aromatic heterocycles. The van der Waals surface area contributed by atoms with E-state index in [4.69, 9.17) is 11.6 Å². The van der Waals surface area contributed by atoms with E-state index in [0.717, 1.165) is 23.1 Å². The Morgan fingerprint density at radius 2 is 1.92 bits per heavy atom. The molecule has 1 aromatic rings. The smallest absolute Gasteiger partial charge is 0.182 e. The van der Waals surface area contributed by atoms with Crippen LogP contribution in [0.2, 0.25) is 5.02 Å². The van der Waals surface area contributed by atoms with Crippen molar-refractivity contribution in [1.29, 1.82) is 0 Å². The Labute approximate surface area is 82.0 Å². The van der Waals surface area contributed by atoms with Gasteiger partial charge in [-0.1, -0.05) is 11.6 Å². The zero-order chi connectivity index (χ0) is 9.26. The second-order valence-corrected chi connectivity index (χ2v) is 3.71. The minimum atomic E-state index is 0.218. The molecule has 0 spiro atoms. The van der Waals surface area contributed by atoms with E-state index in [1.165, 1.54) is 0 Å². The predicted molar refractivity (Wildman–Crippen MR) is 53.3 cm³/mol. The first-order valence-electron chi connectivity index (χ1n) is 4.31. The van der Waals surface area contributed by atoms with Crippen molar-refractivity contribution in [2.24, 2.45) is 0 Å². The van der Waals surface area contributed by atoms with E-state index in [0.29, 0.717) is 5.02 Å². The van der Waals surface area contributed by atoms with Gasteiger partial charge >= 0.3 is 0 Å². The van der Waals surface area contributed by atoms with Crippen molar-refractivity contribution < 1.29 is 4.74 Å². The molecule has 3 heteroatoms. The standard InChI is InChI=1S/C10H10ClNO/c11-9-3-1-8(2-4-9)7-12(13)10-5-6-10/h1-4,7,10H,5-6H2/b12-7+. The van der Waals surface area contributed by atoms with Crippen LogP contribution in [-0.4, -0.2) is 17.0 Å². The van der Waals surface area contributed by atoms with Crippen LogP contribution < -0.4 is 0 Å². The van der Waals surface area contributed by atoms with Gasteiger partial charge in [0, 0.05) is 23.4 Å². The molecule has 0 amide bonds. The molecule has 0 N–H and O–H groups in total. The number of halogens is 1. The molecular weight excluding hydrogens is 186 g/mol. The lowest BCUT2D eigenvalue weighted by atomic mass is 10.2. The van der Waals surface area contributed by atoms with Gasteiger partial charge in [-0.2, -0.15) is 0 Å². The first-order chi connectivity index (χ1) is 6.25. The van der Waals surface area contributed by atoms with Crippen LogP contribution in [-0.2, 0) is 0 Å². The monoisotopic (exact) mass is 195 g/mol. The Hall–Kier alpha value is -1.02. The Kier molecular flexibility index (Phi) is 2.23. The van der Waals surface area contributed by atoms with E-state index >= 15 is 0 Å². The lowest BCUT2D eigenvalue weighted by Gasteiger charge is -2.00. The van der Waals surface area contributed by atoms with Gasteiger partial charge in [-0.3, -0.25) is 0 Å². The summed E-state index contributed by atoms with van der Waals surface area (Å²) in [5.41, 5.74) is 0.909. The number of nitrogens with zero attached hydrogens (tertiary/aromatic N) is 1. The van der Waals surface area contributed by atoms with E-state index in [9.17, 15) is 5.21 Å². The van der Waals surface area contributed by atoms with E-state index in [2.05, 4.69) is 0 Å². The summed E-state index contributed by atoms with van der Waals surface area (Å²) in [7, 11) is 0. The molecule has 2 nitrogen and oxygen atoms in total. The highest BCUT2D eigenvalue weighted by Gasteiger charge is 2.29. The third kappa shape index (κ3) is 2.22. The number of rotatable bonds is 2. The zero-order valence-electron chi connectivity index (χ0n) is 7.11. The molecule has 1 aliphatic carbocycles. The predicted octanol–water partition coefficient (Wildman–Crippen LogP) is 2.43. The maximum atomic E-state index is 11.3. The maximum absolute atomic E-state index is 11.3. The molecule has 0 bridgehead atoms. The van der Waals surface area contributed by atoms with Gasteiger partial charge in [0.2, 0.25) is 0 Å². The molecule has 0 saturated heterocycles. The SMILES string of the molecule is [O-]/[N+](=C/c1ccc(Cl)cc1)C1CC1. The molecule has 0 atom stereocenters. The van der Waals surface area contributed by atoms with Crippen molar-refractivity contribution >= 4 is 17.8 Å². The van der Waals surface area contributed by atoms with Gasteiger partial charge in [0.15, 0.2) is 12.3 Å². The van der Waals surface area contributed by atoms with Gasteiger partial charge in [0.1, 0.15) is 0 Å². The van der Waals surface area contributed by atoms with E-state index in [1.807, 2.05) is 12.1 Å². The molecule has 0 heterocycles. The van der Waals surface area contributed by atoms with E-state index in [-0.39, 0.29) is 6.04 Å². The summed E-state index contributed by atoms with van der Waals surface area (Å²) in [5.74, 6) is 0. The number of hydrogen-bond donors (Lipinski definition) is 0. The number of benzene rings is 1. The van der Waals surface area contributed by atoms with Crippen LogP contribution >= 0.6 is 11.6 Å². The van der Waals surface area contributed by atoms with Crippen LogP contribution in [0.3, 0.4) is 0 Å². The zero-order valence-corrected chi connectivity index (χ0v) is 7.87. The average Bonchev–Trinajstić information content (AvgIpc) is 2.91. The normalized spacial score (nSPS) is 17.5. The average molecular weight is 196 g/mol. The van der Waals surface area contributed by atoms with E-state index < -0.39 is 0 Å². The summed E-state index contributed by atoms with van der Waals surface area (Å²) in [6, 6.07) is 7.48. The summed E-state index contributed by atoms with van der Waals surface area (Å²) in [4.78, 5) is 0. The molecule has 1 aromatic carbocycles. The fourth-order valence-electron chi connectivity index (χ4n) is 1.13. The Bertz CT molecular complexity index is 327. The molecular formula is C10H10ClNO. The van der Waals surface area contributed by atoms with Crippen LogP contribution in [0.1, 0.15) is 18.4 Å². The van der Waals surface area contributed by atoms with Crippen molar-refractivity contribution in [3.63, 3.8) is 0 Å². The molecule has 0 unspecified atom stereocenters. The number of hydrogen-bond acceptors (Lipinski definition) is 1. The van der Waals surface area contributed by atoms with Gasteiger partial charge in [0.05, 0.1) is 0 Å². The first kappa shape index (κ1) is 8.57. The molecule has 0 aliphatic heterocycles. The second kappa shape index (κ2) is 3.38. The van der Waals surface area contributed by atoms with Crippen molar-refractivity contribution in [3.8, 4) is 0 Å². The second-order valence-electron chi connectivity index (χ2n) is 3.27. The molecule has 1 fully saturated rings. The highest BCUT2D eigenvalue weighted by atomic mass is 35.5. The van der Waals surface area contributed by atoms with Crippen molar-refractivity contribution in [1.82, 2.24) is 0 Å². The topological polar surface area (TPSA) is 26.1 Å². The summed E-state index contributed by atoms with van der Waals surface area (Å²) in [5, 5.41) is 12.0. The van der Waals surface area contributed by atoms with Gasteiger partial charge < -0.3 is 5.21 Å². The Balaban J connectivity index is 2.16. The van der Waals surface area contributed by atoms with Crippen molar-refractivity contribution in [2.75, 3.05) is 0 Å². The summed E-state index contributed by atoms with van der Waals surface area (Å²) < 4.78 is 1.03. The lowest BCUT2D eigenvalue weighted by molar-refractivity contribution is -0.467. The van der Waals surface area contributed by atoms with E-state index in [1.54, 1.807) is 18.3 Å². The van der Waals surface area contributed by atoms with Gasteiger partial charge in [-0.25, -0.2) is 4.74 Å². The maximum Gasteiger partial charge on any atom is 0.182 e.